The molecule has 0 radical (unpaired) electrons. The highest BCUT2D eigenvalue weighted by Crippen LogP contribution is 2.17. The maximum Gasteiger partial charge on any atom is 0.239 e. The molecule has 1 aliphatic heterocycles. The zero-order valence-corrected chi connectivity index (χ0v) is 7.75. The summed E-state index contributed by atoms with van der Waals surface area (Å²) in [7, 11) is 1.67. The van der Waals surface area contributed by atoms with Crippen LogP contribution >= 0.6 is 12.4 Å². The maximum atomic E-state index is 11.2. The van der Waals surface area contributed by atoms with Gasteiger partial charge in [-0.2, -0.15) is 0 Å². The minimum atomic E-state index is -0.297. The first-order valence-corrected chi connectivity index (χ1v) is 3.66. The molecule has 1 atom stereocenters. The lowest BCUT2D eigenvalue weighted by Crippen LogP contribution is -2.49. The van der Waals surface area contributed by atoms with Crippen LogP contribution in [0.3, 0.4) is 0 Å². The highest BCUT2D eigenvalue weighted by atomic mass is 35.5. The van der Waals surface area contributed by atoms with Crippen molar-refractivity contribution in [3.05, 3.63) is 0 Å². The van der Waals surface area contributed by atoms with Crippen molar-refractivity contribution in [3.8, 4) is 0 Å². The lowest BCUT2D eigenvalue weighted by Gasteiger charge is -2.21. The average molecular weight is 179 g/mol. The summed E-state index contributed by atoms with van der Waals surface area (Å²) in [6.45, 7) is 2.91. The zero-order chi connectivity index (χ0) is 7.61. The molecular weight excluding hydrogens is 164 g/mol. The zero-order valence-electron chi connectivity index (χ0n) is 6.94. The minimum absolute atomic E-state index is 0. The van der Waals surface area contributed by atoms with E-state index in [9.17, 15) is 4.79 Å². The van der Waals surface area contributed by atoms with Gasteiger partial charge in [0.2, 0.25) is 5.91 Å². The average Bonchev–Trinajstić information content (AvgIpc) is 2.36. The molecule has 0 aromatic carbocycles. The summed E-state index contributed by atoms with van der Waals surface area (Å²) in [4.78, 5) is 11.2. The van der Waals surface area contributed by atoms with Crippen LogP contribution in [0.5, 0.6) is 0 Å². The smallest absolute Gasteiger partial charge is 0.239 e. The van der Waals surface area contributed by atoms with Crippen molar-refractivity contribution in [2.45, 2.75) is 25.3 Å². The third kappa shape index (κ3) is 2.07. The standard InChI is InChI=1S/C7H14N2O.ClH/c1-7(6(10)8-2)4-3-5-9-7;/h9H,3-5H2,1-2H3,(H,8,10);1H. The molecule has 3 nitrogen and oxygen atoms in total. The Morgan fingerprint density at radius 3 is 2.64 bits per heavy atom. The molecule has 0 saturated carbocycles. The number of hydrogen-bond acceptors (Lipinski definition) is 2. The van der Waals surface area contributed by atoms with Crippen LogP contribution in [-0.4, -0.2) is 25.0 Å². The fourth-order valence-corrected chi connectivity index (χ4v) is 1.36. The van der Waals surface area contributed by atoms with Crippen LogP contribution in [0, 0.1) is 0 Å². The summed E-state index contributed by atoms with van der Waals surface area (Å²) < 4.78 is 0. The SMILES string of the molecule is CNC(=O)C1(C)CCCN1.Cl. The molecule has 1 fully saturated rings. The predicted octanol–water partition coefficient (Wildman–Crippen LogP) is 0.296. The van der Waals surface area contributed by atoms with Crippen molar-refractivity contribution in [1.82, 2.24) is 10.6 Å². The van der Waals surface area contributed by atoms with Gasteiger partial charge in [-0.25, -0.2) is 0 Å². The van der Waals surface area contributed by atoms with Crippen molar-refractivity contribution >= 4 is 18.3 Å². The van der Waals surface area contributed by atoms with Crippen LogP contribution in [0.15, 0.2) is 0 Å². The second kappa shape index (κ2) is 3.93. The molecule has 0 aromatic heterocycles. The Kier molecular flexibility index (Phi) is 3.83. The summed E-state index contributed by atoms with van der Waals surface area (Å²) in [5, 5.41) is 5.82. The van der Waals surface area contributed by atoms with Gasteiger partial charge < -0.3 is 10.6 Å². The second-order valence-corrected chi connectivity index (χ2v) is 2.94. The van der Waals surface area contributed by atoms with Crippen LogP contribution in [0.25, 0.3) is 0 Å². The van der Waals surface area contributed by atoms with E-state index in [1.165, 1.54) is 0 Å². The Morgan fingerprint density at radius 2 is 2.27 bits per heavy atom. The van der Waals surface area contributed by atoms with Gasteiger partial charge in [-0.05, 0) is 26.3 Å². The van der Waals surface area contributed by atoms with E-state index >= 15 is 0 Å². The van der Waals surface area contributed by atoms with E-state index < -0.39 is 0 Å². The molecule has 0 aliphatic carbocycles. The van der Waals surface area contributed by atoms with Crippen molar-refractivity contribution in [2.75, 3.05) is 13.6 Å². The van der Waals surface area contributed by atoms with E-state index in [1.54, 1.807) is 7.05 Å². The molecule has 1 amide bonds. The Bertz CT molecular complexity index is 143. The predicted molar refractivity (Wildman–Crippen MR) is 47.0 cm³/mol. The fraction of sp³-hybridized carbons (Fsp3) is 0.857. The van der Waals surface area contributed by atoms with Crippen molar-refractivity contribution in [3.63, 3.8) is 0 Å². The van der Waals surface area contributed by atoms with E-state index in [-0.39, 0.29) is 23.9 Å². The first-order valence-electron chi connectivity index (χ1n) is 3.66. The van der Waals surface area contributed by atoms with E-state index in [2.05, 4.69) is 10.6 Å². The molecule has 0 bridgehead atoms. The van der Waals surface area contributed by atoms with Gasteiger partial charge in [0.25, 0.3) is 0 Å². The van der Waals surface area contributed by atoms with E-state index in [0.717, 1.165) is 19.4 Å². The molecule has 0 aromatic rings. The molecule has 1 heterocycles. The number of likely N-dealkylation sites (N-methyl/N-ethyl adjacent to an activating group) is 1. The Balaban J connectivity index is 0.000001000. The fourth-order valence-electron chi connectivity index (χ4n) is 1.36. The van der Waals surface area contributed by atoms with Crippen molar-refractivity contribution in [1.29, 1.82) is 0 Å². The highest BCUT2D eigenvalue weighted by Gasteiger charge is 2.34. The molecule has 0 spiro atoms. The summed E-state index contributed by atoms with van der Waals surface area (Å²) in [6, 6.07) is 0. The van der Waals surface area contributed by atoms with Gasteiger partial charge in [0.1, 0.15) is 0 Å². The van der Waals surface area contributed by atoms with Crippen LogP contribution < -0.4 is 10.6 Å². The first kappa shape index (κ1) is 10.7. The summed E-state index contributed by atoms with van der Waals surface area (Å²) >= 11 is 0. The second-order valence-electron chi connectivity index (χ2n) is 2.94. The Labute approximate surface area is 73.3 Å². The number of carbonyl (C=O) groups excluding carboxylic acids is 1. The van der Waals surface area contributed by atoms with Crippen molar-refractivity contribution < 1.29 is 4.79 Å². The van der Waals surface area contributed by atoms with Crippen LogP contribution in [0.4, 0.5) is 0 Å². The molecule has 4 heteroatoms. The van der Waals surface area contributed by atoms with Crippen LogP contribution in [0.2, 0.25) is 0 Å². The molecule has 1 unspecified atom stereocenters. The van der Waals surface area contributed by atoms with Gasteiger partial charge in [0.05, 0.1) is 5.54 Å². The topological polar surface area (TPSA) is 41.1 Å². The van der Waals surface area contributed by atoms with Crippen LogP contribution in [0.1, 0.15) is 19.8 Å². The molecule has 11 heavy (non-hydrogen) atoms. The number of hydrogen-bond donors (Lipinski definition) is 2. The highest BCUT2D eigenvalue weighted by molar-refractivity contribution is 5.86. The maximum absolute atomic E-state index is 11.2. The lowest BCUT2D eigenvalue weighted by atomic mass is 10.00. The van der Waals surface area contributed by atoms with Crippen molar-refractivity contribution in [2.24, 2.45) is 0 Å². The summed E-state index contributed by atoms with van der Waals surface area (Å²) in [6.07, 6.45) is 2.05. The molecule has 1 aliphatic rings. The number of rotatable bonds is 1. The first-order chi connectivity index (χ1) is 4.69. The Morgan fingerprint density at radius 1 is 1.64 bits per heavy atom. The third-order valence-electron chi connectivity index (χ3n) is 2.10. The normalized spacial score (nSPS) is 29.3. The molecule has 2 N–H and O–H groups in total. The summed E-state index contributed by atoms with van der Waals surface area (Å²) in [5.41, 5.74) is -0.297. The van der Waals surface area contributed by atoms with E-state index in [0.29, 0.717) is 0 Å². The third-order valence-corrected chi connectivity index (χ3v) is 2.10. The monoisotopic (exact) mass is 178 g/mol. The lowest BCUT2D eigenvalue weighted by molar-refractivity contribution is -0.125. The van der Waals surface area contributed by atoms with Gasteiger partial charge in [0, 0.05) is 7.05 Å². The van der Waals surface area contributed by atoms with Crippen LogP contribution in [-0.2, 0) is 4.79 Å². The van der Waals surface area contributed by atoms with E-state index in [4.69, 9.17) is 0 Å². The molecule has 1 saturated heterocycles. The summed E-state index contributed by atoms with van der Waals surface area (Å²) in [5.74, 6) is 0.102. The number of halogens is 1. The minimum Gasteiger partial charge on any atom is -0.358 e. The molecule has 66 valence electrons. The van der Waals surface area contributed by atoms with E-state index in [1.807, 2.05) is 6.92 Å². The van der Waals surface area contributed by atoms with Gasteiger partial charge in [-0.1, -0.05) is 0 Å². The Hall–Kier alpha value is -0.280. The van der Waals surface area contributed by atoms with Gasteiger partial charge >= 0.3 is 0 Å². The molecule has 1 rings (SSSR count). The van der Waals surface area contributed by atoms with Gasteiger partial charge in [-0.15, -0.1) is 12.4 Å². The largest absolute Gasteiger partial charge is 0.358 e. The number of carbonyl (C=O) groups is 1. The number of amides is 1. The van der Waals surface area contributed by atoms with Gasteiger partial charge in [-0.3, -0.25) is 4.79 Å². The molecular formula is C7H15ClN2O. The number of nitrogens with one attached hydrogen (secondary N) is 2. The quantitative estimate of drug-likeness (QED) is 0.607. The van der Waals surface area contributed by atoms with Gasteiger partial charge in [0.15, 0.2) is 0 Å².